The highest BCUT2D eigenvalue weighted by atomic mass is 19.1. The molecule has 1 unspecified atom stereocenters. The SMILES string of the molecule is CCC(O)(CF)CC(=O)Nc1nc2cc(OC)c(C3CC3)cc2n1C1CCC1. The summed E-state index contributed by atoms with van der Waals surface area (Å²) in [4.78, 5) is 17.1. The molecule has 2 N–H and O–H groups in total. The summed E-state index contributed by atoms with van der Waals surface area (Å²) in [6.07, 6.45) is 5.47. The predicted molar refractivity (Wildman–Crippen MR) is 106 cm³/mol. The van der Waals surface area contributed by atoms with Crippen LogP contribution in [-0.2, 0) is 4.79 Å². The molecule has 0 spiro atoms. The van der Waals surface area contributed by atoms with Gasteiger partial charge in [-0.2, -0.15) is 0 Å². The topological polar surface area (TPSA) is 76.4 Å². The maximum Gasteiger partial charge on any atom is 0.229 e. The Balaban J connectivity index is 1.70. The monoisotopic (exact) mass is 389 g/mol. The summed E-state index contributed by atoms with van der Waals surface area (Å²) < 4.78 is 20.8. The zero-order valence-electron chi connectivity index (χ0n) is 16.5. The Morgan fingerprint density at radius 1 is 1.39 bits per heavy atom. The van der Waals surface area contributed by atoms with Crippen LogP contribution in [0.1, 0.15) is 69.4 Å². The zero-order valence-corrected chi connectivity index (χ0v) is 16.5. The van der Waals surface area contributed by atoms with Crippen molar-refractivity contribution in [2.24, 2.45) is 0 Å². The van der Waals surface area contributed by atoms with E-state index in [-0.39, 0.29) is 12.8 Å². The lowest BCUT2D eigenvalue weighted by Gasteiger charge is -2.29. The molecule has 1 amide bonds. The molecule has 2 saturated carbocycles. The standard InChI is InChI=1S/C21H28FN3O3/c1-3-21(27,12-22)11-19(26)24-20-23-16-10-18(28-2)15(13-7-8-13)9-17(16)25(20)14-5-4-6-14/h9-10,13-14,27H,3-8,11-12H2,1-2H3,(H,23,24,26). The van der Waals surface area contributed by atoms with Crippen molar-refractivity contribution < 1.29 is 19.0 Å². The van der Waals surface area contributed by atoms with E-state index in [2.05, 4.69) is 20.9 Å². The molecule has 152 valence electrons. The van der Waals surface area contributed by atoms with E-state index >= 15 is 0 Å². The largest absolute Gasteiger partial charge is 0.496 e. The number of amides is 1. The second kappa shape index (κ2) is 7.35. The van der Waals surface area contributed by atoms with Crippen molar-refractivity contribution in [3.63, 3.8) is 0 Å². The first kappa shape index (κ1) is 19.2. The molecule has 4 rings (SSSR count). The first-order chi connectivity index (χ1) is 13.5. The number of rotatable bonds is 8. The molecule has 2 aliphatic carbocycles. The lowest BCUT2D eigenvalue weighted by Crippen LogP contribution is -2.36. The Bertz CT molecular complexity index is 883. The number of benzene rings is 1. The fourth-order valence-electron chi connectivity index (χ4n) is 3.87. The van der Waals surface area contributed by atoms with E-state index in [1.165, 1.54) is 18.4 Å². The molecule has 1 aromatic carbocycles. The molecule has 6 nitrogen and oxygen atoms in total. The van der Waals surface area contributed by atoms with Crippen molar-refractivity contribution in [1.82, 2.24) is 9.55 Å². The summed E-state index contributed by atoms with van der Waals surface area (Å²) in [6, 6.07) is 4.39. The van der Waals surface area contributed by atoms with Gasteiger partial charge < -0.3 is 14.4 Å². The van der Waals surface area contributed by atoms with Crippen LogP contribution >= 0.6 is 0 Å². The minimum absolute atomic E-state index is 0.178. The summed E-state index contributed by atoms with van der Waals surface area (Å²) in [6.45, 7) is 0.722. The summed E-state index contributed by atoms with van der Waals surface area (Å²) in [5.41, 5.74) is 1.35. The Morgan fingerprint density at radius 2 is 2.14 bits per heavy atom. The van der Waals surface area contributed by atoms with Gasteiger partial charge in [0, 0.05) is 12.1 Å². The number of halogens is 1. The normalized spacial score (nSPS) is 19.3. The van der Waals surface area contributed by atoms with Crippen molar-refractivity contribution in [1.29, 1.82) is 0 Å². The predicted octanol–water partition coefficient (Wildman–Crippen LogP) is 4.09. The number of hydrogen-bond acceptors (Lipinski definition) is 4. The van der Waals surface area contributed by atoms with Crippen LogP contribution in [-0.4, -0.2) is 40.0 Å². The van der Waals surface area contributed by atoms with Crippen LogP contribution in [0.2, 0.25) is 0 Å². The Hall–Kier alpha value is -2.15. The van der Waals surface area contributed by atoms with E-state index < -0.39 is 18.2 Å². The van der Waals surface area contributed by atoms with Gasteiger partial charge in [-0.3, -0.25) is 10.1 Å². The van der Waals surface area contributed by atoms with E-state index in [1.807, 2.05) is 6.07 Å². The maximum atomic E-state index is 13.1. The van der Waals surface area contributed by atoms with Gasteiger partial charge in [-0.1, -0.05) is 6.92 Å². The average Bonchev–Trinajstić information content (AvgIpc) is 3.44. The van der Waals surface area contributed by atoms with E-state index in [0.29, 0.717) is 17.9 Å². The molecule has 1 heterocycles. The molecular weight excluding hydrogens is 361 g/mol. The Labute approximate surface area is 164 Å². The number of nitrogens with one attached hydrogen (secondary N) is 1. The average molecular weight is 389 g/mol. The van der Waals surface area contributed by atoms with Crippen LogP contribution in [0, 0.1) is 0 Å². The van der Waals surface area contributed by atoms with E-state index in [1.54, 1.807) is 14.0 Å². The number of anilines is 1. The molecule has 1 atom stereocenters. The third-order valence-corrected chi connectivity index (χ3v) is 6.15. The number of methoxy groups -OCH3 is 1. The summed E-state index contributed by atoms with van der Waals surface area (Å²) in [7, 11) is 1.67. The minimum Gasteiger partial charge on any atom is -0.496 e. The Kier molecular flexibility index (Phi) is 5.04. The van der Waals surface area contributed by atoms with Crippen LogP contribution in [0.25, 0.3) is 11.0 Å². The highest BCUT2D eigenvalue weighted by molar-refractivity contribution is 5.92. The molecule has 0 saturated heterocycles. The molecule has 0 radical (unpaired) electrons. The van der Waals surface area contributed by atoms with Crippen molar-refractivity contribution in [3.05, 3.63) is 17.7 Å². The number of nitrogens with zero attached hydrogens (tertiary/aromatic N) is 2. The second-order valence-electron chi connectivity index (χ2n) is 8.18. The van der Waals surface area contributed by atoms with Crippen molar-refractivity contribution in [2.45, 2.75) is 69.4 Å². The fourth-order valence-corrected chi connectivity index (χ4v) is 3.87. The third kappa shape index (κ3) is 3.48. The number of hydrogen-bond donors (Lipinski definition) is 2. The van der Waals surface area contributed by atoms with Crippen molar-refractivity contribution in [2.75, 3.05) is 19.1 Å². The molecule has 7 heteroatoms. The van der Waals surface area contributed by atoms with Gasteiger partial charge in [-0.15, -0.1) is 0 Å². The number of carbonyl (C=O) groups excluding carboxylic acids is 1. The molecule has 28 heavy (non-hydrogen) atoms. The third-order valence-electron chi connectivity index (χ3n) is 6.15. The lowest BCUT2D eigenvalue weighted by molar-refractivity contribution is -0.122. The summed E-state index contributed by atoms with van der Waals surface area (Å²) >= 11 is 0. The fraction of sp³-hybridized carbons (Fsp3) is 0.619. The molecule has 2 fully saturated rings. The summed E-state index contributed by atoms with van der Waals surface area (Å²) in [5.74, 6) is 1.42. The summed E-state index contributed by atoms with van der Waals surface area (Å²) in [5, 5.41) is 13.0. The molecular formula is C21H28FN3O3. The molecule has 2 aliphatic rings. The first-order valence-electron chi connectivity index (χ1n) is 10.2. The van der Waals surface area contributed by atoms with Gasteiger partial charge >= 0.3 is 0 Å². The first-order valence-corrected chi connectivity index (χ1v) is 10.2. The van der Waals surface area contributed by atoms with E-state index in [4.69, 9.17) is 4.74 Å². The van der Waals surface area contributed by atoms with Crippen LogP contribution in [0.3, 0.4) is 0 Å². The number of fused-ring (bicyclic) bond motifs is 1. The highest BCUT2D eigenvalue weighted by Crippen LogP contribution is 2.47. The van der Waals surface area contributed by atoms with E-state index in [9.17, 15) is 14.3 Å². The van der Waals surface area contributed by atoms with E-state index in [0.717, 1.165) is 36.0 Å². The van der Waals surface area contributed by atoms with Gasteiger partial charge in [0.05, 0.1) is 24.6 Å². The van der Waals surface area contributed by atoms with Crippen LogP contribution < -0.4 is 10.1 Å². The molecule has 2 aromatic rings. The highest BCUT2D eigenvalue weighted by Gasteiger charge is 2.32. The maximum absolute atomic E-state index is 13.1. The van der Waals surface area contributed by atoms with Gasteiger partial charge in [0.15, 0.2) is 0 Å². The van der Waals surface area contributed by atoms with Gasteiger partial charge in [0.25, 0.3) is 0 Å². The van der Waals surface area contributed by atoms with Gasteiger partial charge in [-0.05, 0) is 56.1 Å². The number of imidazole rings is 1. The molecule has 1 aromatic heterocycles. The zero-order chi connectivity index (χ0) is 19.9. The van der Waals surface area contributed by atoms with Crippen LogP contribution in [0.15, 0.2) is 12.1 Å². The van der Waals surface area contributed by atoms with Gasteiger partial charge in [-0.25, -0.2) is 9.37 Å². The number of carbonyl (C=O) groups is 1. The molecule has 0 bridgehead atoms. The smallest absolute Gasteiger partial charge is 0.229 e. The van der Waals surface area contributed by atoms with Crippen LogP contribution in [0.4, 0.5) is 10.3 Å². The lowest BCUT2D eigenvalue weighted by atomic mass is 9.92. The second-order valence-corrected chi connectivity index (χ2v) is 8.18. The van der Waals surface area contributed by atoms with Gasteiger partial charge in [0.1, 0.15) is 18.0 Å². The quantitative estimate of drug-likeness (QED) is 0.713. The van der Waals surface area contributed by atoms with Crippen molar-refractivity contribution >= 4 is 22.9 Å². The van der Waals surface area contributed by atoms with Crippen molar-refractivity contribution in [3.8, 4) is 5.75 Å². The number of aliphatic hydroxyl groups is 1. The molecule has 0 aliphatic heterocycles. The number of ether oxygens (including phenoxy) is 1. The minimum atomic E-state index is -1.63. The number of aromatic nitrogens is 2. The Morgan fingerprint density at radius 3 is 2.68 bits per heavy atom. The number of alkyl halides is 1. The van der Waals surface area contributed by atoms with Crippen LogP contribution in [0.5, 0.6) is 5.75 Å². The van der Waals surface area contributed by atoms with Gasteiger partial charge in [0.2, 0.25) is 11.9 Å².